The molecular formula is C22H25N5O3S2. The molecule has 2 N–H and O–H groups in total. The molecule has 1 saturated heterocycles. The second-order valence-electron chi connectivity index (χ2n) is 7.54. The van der Waals surface area contributed by atoms with Gasteiger partial charge in [-0.3, -0.25) is 9.71 Å². The van der Waals surface area contributed by atoms with Crippen molar-refractivity contribution in [2.75, 3.05) is 29.6 Å². The molecule has 1 aliphatic heterocycles. The van der Waals surface area contributed by atoms with E-state index in [0.29, 0.717) is 24.0 Å². The topological polar surface area (TPSA) is 88.5 Å². The van der Waals surface area contributed by atoms with Gasteiger partial charge in [0.2, 0.25) is 10.0 Å². The van der Waals surface area contributed by atoms with Crippen LogP contribution in [-0.4, -0.2) is 43.1 Å². The number of methoxy groups -OCH3 is 1. The van der Waals surface area contributed by atoms with Crippen molar-refractivity contribution >= 4 is 38.7 Å². The zero-order valence-electron chi connectivity index (χ0n) is 17.8. The van der Waals surface area contributed by atoms with Crippen LogP contribution in [0.4, 0.5) is 11.4 Å². The number of benzene rings is 1. The first-order valence-corrected chi connectivity index (χ1v) is 12.4. The molecule has 3 aromatic rings. The first kappa shape index (κ1) is 22.3. The van der Waals surface area contributed by atoms with Gasteiger partial charge in [0.05, 0.1) is 24.6 Å². The maximum absolute atomic E-state index is 11.6. The minimum absolute atomic E-state index is 0.155. The molecule has 2 atom stereocenters. The van der Waals surface area contributed by atoms with Gasteiger partial charge in [0.1, 0.15) is 6.04 Å². The Hall–Kier alpha value is -2.95. The second-order valence-corrected chi connectivity index (χ2v) is 9.67. The van der Waals surface area contributed by atoms with Crippen molar-refractivity contribution in [2.24, 2.45) is 0 Å². The number of rotatable bonds is 8. The Balaban J connectivity index is 1.75. The minimum atomic E-state index is -3.35. The summed E-state index contributed by atoms with van der Waals surface area (Å²) < 4.78 is 33.0. The molecule has 1 aliphatic rings. The summed E-state index contributed by atoms with van der Waals surface area (Å²) in [5.74, 6) is 0. The molecule has 10 heteroatoms. The van der Waals surface area contributed by atoms with Gasteiger partial charge in [0.25, 0.3) is 0 Å². The largest absolute Gasteiger partial charge is 0.383 e. The lowest BCUT2D eigenvalue weighted by Gasteiger charge is -2.29. The van der Waals surface area contributed by atoms with Crippen molar-refractivity contribution in [3.63, 3.8) is 0 Å². The quantitative estimate of drug-likeness (QED) is 0.488. The molecule has 0 radical (unpaired) electrons. The van der Waals surface area contributed by atoms with Gasteiger partial charge in [0, 0.05) is 43.1 Å². The summed E-state index contributed by atoms with van der Waals surface area (Å²) >= 11 is 5.74. The first-order chi connectivity index (χ1) is 15.4. The fraction of sp³-hybridized carbons (Fsp3) is 0.273. The second kappa shape index (κ2) is 9.27. The summed E-state index contributed by atoms with van der Waals surface area (Å²) in [6.45, 7) is 1.30. The van der Waals surface area contributed by atoms with Crippen LogP contribution in [0.15, 0.2) is 67.0 Å². The number of nitrogens with zero attached hydrogens (tertiary/aromatic N) is 3. The number of ether oxygens (including phenoxy) is 1. The van der Waals surface area contributed by atoms with Crippen LogP contribution in [0.25, 0.3) is 0 Å². The Morgan fingerprint density at radius 3 is 2.59 bits per heavy atom. The molecule has 3 heterocycles. The molecule has 0 bridgehead atoms. The van der Waals surface area contributed by atoms with Gasteiger partial charge in [-0.05, 0) is 60.7 Å². The molecule has 32 heavy (non-hydrogen) atoms. The molecule has 0 spiro atoms. The SMILES string of the molecule is COCCn1cccc1C1C(c2ccccn2)NC(=S)N1c1ccc(NS(C)(=O)=O)cc1. The predicted molar refractivity (Wildman–Crippen MR) is 129 cm³/mol. The molecule has 0 saturated carbocycles. The van der Waals surface area contributed by atoms with Gasteiger partial charge >= 0.3 is 0 Å². The van der Waals surface area contributed by atoms with E-state index in [0.717, 1.165) is 23.3 Å². The highest BCUT2D eigenvalue weighted by atomic mass is 32.2. The van der Waals surface area contributed by atoms with E-state index in [1.807, 2.05) is 42.6 Å². The molecule has 2 aromatic heterocycles. The monoisotopic (exact) mass is 471 g/mol. The maximum atomic E-state index is 11.6. The van der Waals surface area contributed by atoms with Crippen molar-refractivity contribution < 1.29 is 13.2 Å². The summed E-state index contributed by atoms with van der Waals surface area (Å²) in [5.41, 5.74) is 3.31. The molecule has 1 aromatic carbocycles. The van der Waals surface area contributed by atoms with Gasteiger partial charge in [0.15, 0.2) is 5.11 Å². The molecule has 0 amide bonds. The van der Waals surface area contributed by atoms with Gasteiger partial charge in [-0.1, -0.05) is 6.07 Å². The van der Waals surface area contributed by atoms with Gasteiger partial charge < -0.3 is 19.5 Å². The van der Waals surface area contributed by atoms with E-state index >= 15 is 0 Å². The number of nitrogens with one attached hydrogen (secondary N) is 2. The van der Waals surface area contributed by atoms with Crippen LogP contribution in [-0.2, 0) is 21.3 Å². The van der Waals surface area contributed by atoms with Crippen LogP contribution in [0.5, 0.6) is 0 Å². The molecule has 2 unspecified atom stereocenters. The Morgan fingerprint density at radius 1 is 1.16 bits per heavy atom. The average Bonchev–Trinajstić information content (AvgIpc) is 3.36. The Kier molecular flexibility index (Phi) is 6.45. The van der Waals surface area contributed by atoms with Crippen LogP contribution in [0, 0.1) is 0 Å². The smallest absolute Gasteiger partial charge is 0.229 e. The summed E-state index contributed by atoms with van der Waals surface area (Å²) in [6.07, 6.45) is 4.93. The van der Waals surface area contributed by atoms with Crippen molar-refractivity contribution in [1.29, 1.82) is 0 Å². The third-order valence-electron chi connectivity index (χ3n) is 5.25. The highest BCUT2D eigenvalue weighted by molar-refractivity contribution is 7.92. The maximum Gasteiger partial charge on any atom is 0.229 e. The standard InChI is InChI=1S/C22H25N5O3S2/c1-30-15-14-26-13-5-7-19(26)21-20(18-6-3-4-12-23-18)24-22(31)27(21)17-10-8-16(9-11-17)25-32(2,28)29/h3-13,20-21,25H,14-15H2,1-2H3,(H,24,31). The van der Waals surface area contributed by atoms with E-state index < -0.39 is 10.0 Å². The number of anilines is 2. The lowest BCUT2D eigenvalue weighted by atomic mass is 10.0. The first-order valence-electron chi connectivity index (χ1n) is 10.1. The number of pyridine rings is 1. The number of hydrogen-bond donors (Lipinski definition) is 2. The summed E-state index contributed by atoms with van der Waals surface area (Å²) in [4.78, 5) is 6.62. The summed E-state index contributed by atoms with van der Waals surface area (Å²) in [5, 5.41) is 4.01. The molecule has 4 rings (SSSR count). The molecule has 168 valence electrons. The third kappa shape index (κ3) is 4.77. The fourth-order valence-electron chi connectivity index (χ4n) is 3.93. The van der Waals surface area contributed by atoms with Crippen LogP contribution in [0.3, 0.4) is 0 Å². The highest BCUT2D eigenvalue weighted by Gasteiger charge is 2.41. The van der Waals surface area contributed by atoms with Gasteiger partial charge in [-0.15, -0.1) is 0 Å². The van der Waals surface area contributed by atoms with Crippen molar-refractivity contribution in [1.82, 2.24) is 14.9 Å². The number of hydrogen-bond acceptors (Lipinski definition) is 5. The van der Waals surface area contributed by atoms with E-state index in [2.05, 4.69) is 30.6 Å². The lowest BCUT2D eigenvalue weighted by molar-refractivity contribution is 0.186. The van der Waals surface area contributed by atoms with Crippen LogP contribution < -0.4 is 14.9 Å². The summed E-state index contributed by atoms with van der Waals surface area (Å²) in [7, 11) is -1.67. The molecule has 0 aliphatic carbocycles. The molecule has 8 nitrogen and oxygen atoms in total. The summed E-state index contributed by atoms with van der Waals surface area (Å²) in [6, 6.07) is 16.8. The van der Waals surface area contributed by atoms with Crippen molar-refractivity contribution in [3.05, 3.63) is 78.4 Å². The van der Waals surface area contributed by atoms with E-state index in [4.69, 9.17) is 17.0 Å². The van der Waals surface area contributed by atoms with Crippen LogP contribution in [0.1, 0.15) is 23.5 Å². The normalized spacial score (nSPS) is 18.6. The van der Waals surface area contributed by atoms with E-state index in [1.165, 1.54) is 0 Å². The number of aromatic nitrogens is 2. The minimum Gasteiger partial charge on any atom is -0.383 e. The zero-order valence-corrected chi connectivity index (χ0v) is 19.4. The zero-order chi connectivity index (χ0) is 22.7. The third-order valence-corrected chi connectivity index (χ3v) is 6.17. The van der Waals surface area contributed by atoms with Crippen molar-refractivity contribution in [3.8, 4) is 0 Å². The Labute approximate surface area is 193 Å². The predicted octanol–water partition coefficient (Wildman–Crippen LogP) is 3.08. The average molecular weight is 472 g/mol. The van der Waals surface area contributed by atoms with Crippen LogP contribution in [0.2, 0.25) is 0 Å². The van der Waals surface area contributed by atoms with Gasteiger partial charge in [-0.25, -0.2) is 8.42 Å². The highest BCUT2D eigenvalue weighted by Crippen LogP contribution is 2.41. The Morgan fingerprint density at radius 2 is 1.94 bits per heavy atom. The Bertz CT molecular complexity index is 1180. The molecule has 1 fully saturated rings. The number of sulfonamides is 1. The van der Waals surface area contributed by atoms with Crippen LogP contribution >= 0.6 is 12.2 Å². The fourth-order valence-corrected chi connectivity index (χ4v) is 4.84. The molecular weight excluding hydrogens is 446 g/mol. The van der Waals surface area contributed by atoms with Crippen molar-refractivity contribution in [2.45, 2.75) is 18.6 Å². The van der Waals surface area contributed by atoms with E-state index in [1.54, 1.807) is 25.4 Å². The lowest BCUT2D eigenvalue weighted by Crippen LogP contribution is -2.30. The number of thiocarbonyl (C=S) groups is 1. The van der Waals surface area contributed by atoms with Gasteiger partial charge in [-0.2, -0.15) is 0 Å². The van der Waals surface area contributed by atoms with E-state index in [9.17, 15) is 8.42 Å². The van der Waals surface area contributed by atoms with E-state index in [-0.39, 0.29) is 12.1 Å².